The molecule has 1 aliphatic heterocycles. The van der Waals surface area contributed by atoms with Gasteiger partial charge in [-0.25, -0.2) is 13.2 Å². The molecule has 31 heavy (non-hydrogen) atoms. The molecule has 3 rings (SSSR count). The number of nitrogens with zero attached hydrogens (tertiary/aromatic N) is 2. The van der Waals surface area contributed by atoms with Crippen molar-refractivity contribution in [2.75, 3.05) is 26.2 Å². The highest BCUT2D eigenvalue weighted by atomic mass is 35.5. The van der Waals surface area contributed by atoms with Gasteiger partial charge in [-0.3, -0.25) is 0 Å². The molecule has 0 aromatic heterocycles. The number of benzene rings is 2. The topological polar surface area (TPSA) is 69.7 Å². The summed E-state index contributed by atoms with van der Waals surface area (Å²) >= 11 is 6.15. The summed E-state index contributed by atoms with van der Waals surface area (Å²) in [5.41, 5.74) is -0.151. The number of carbonyl (C=O) groups is 1. The van der Waals surface area contributed by atoms with Crippen LogP contribution < -0.4 is 5.32 Å². The number of sulfonamides is 1. The number of hydrogen-bond acceptors (Lipinski definition) is 3. The van der Waals surface area contributed by atoms with Gasteiger partial charge in [-0.2, -0.15) is 17.5 Å². The number of carbonyl (C=O) groups excluding carboxylic acids is 1. The standard InChI is InChI=1S/C20H21ClF3N3O3S/c1-14(17-4-2-3-5-18(17)21)25-19(28)26-10-12-27(13-11-26)31(29,30)16-8-6-15(7-9-16)20(22,23)24/h2-9,14H,10-13H2,1H3,(H,25,28). The summed E-state index contributed by atoms with van der Waals surface area (Å²) in [5.74, 6) is 0. The van der Waals surface area contributed by atoms with E-state index >= 15 is 0 Å². The van der Waals surface area contributed by atoms with Gasteiger partial charge in [-0.15, -0.1) is 0 Å². The molecule has 2 amide bonds. The van der Waals surface area contributed by atoms with Gasteiger partial charge < -0.3 is 10.2 Å². The molecule has 0 saturated carbocycles. The quantitative estimate of drug-likeness (QED) is 0.722. The summed E-state index contributed by atoms with van der Waals surface area (Å²) in [6, 6.07) is 9.83. The molecule has 1 fully saturated rings. The summed E-state index contributed by atoms with van der Waals surface area (Å²) in [6.45, 7) is 2.18. The number of halogens is 4. The van der Waals surface area contributed by atoms with Gasteiger partial charge in [0.1, 0.15) is 0 Å². The maximum absolute atomic E-state index is 12.7. The van der Waals surface area contributed by atoms with E-state index in [2.05, 4.69) is 5.32 Å². The van der Waals surface area contributed by atoms with Gasteiger partial charge in [-0.05, 0) is 42.8 Å². The van der Waals surface area contributed by atoms with E-state index < -0.39 is 21.8 Å². The fraction of sp³-hybridized carbons (Fsp3) is 0.350. The zero-order valence-corrected chi connectivity index (χ0v) is 18.1. The van der Waals surface area contributed by atoms with Gasteiger partial charge in [0.05, 0.1) is 16.5 Å². The molecule has 168 valence electrons. The predicted octanol–water partition coefficient (Wildman–Crippen LogP) is 4.14. The lowest BCUT2D eigenvalue weighted by molar-refractivity contribution is -0.137. The molecule has 1 atom stereocenters. The van der Waals surface area contributed by atoms with Crippen molar-refractivity contribution in [2.45, 2.75) is 24.0 Å². The van der Waals surface area contributed by atoms with E-state index in [1.54, 1.807) is 19.1 Å². The molecule has 0 spiro atoms. The third-order valence-corrected chi connectivity index (χ3v) is 7.31. The van der Waals surface area contributed by atoms with Crippen molar-refractivity contribution in [3.05, 3.63) is 64.7 Å². The normalized spacial score (nSPS) is 16.7. The van der Waals surface area contributed by atoms with Crippen LogP contribution in [0.25, 0.3) is 0 Å². The van der Waals surface area contributed by atoms with Crippen LogP contribution >= 0.6 is 11.6 Å². The van der Waals surface area contributed by atoms with Crippen LogP contribution in [0.2, 0.25) is 5.02 Å². The molecule has 1 N–H and O–H groups in total. The molecule has 1 aliphatic rings. The zero-order chi connectivity index (χ0) is 22.8. The second-order valence-electron chi connectivity index (χ2n) is 7.11. The Morgan fingerprint density at radius 2 is 1.61 bits per heavy atom. The molecular formula is C20H21ClF3N3O3S. The molecule has 0 radical (unpaired) electrons. The molecule has 2 aromatic rings. The van der Waals surface area contributed by atoms with Crippen LogP contribution in [-0.2, 0) is 16.2 Å². The van der Waals surface area contributed by atoms with Crippen LogP contribution in [0.1, 0.15) is 24.1 Å². The Morgan fingerprint density at radius 3 is 2.16 bits per heavy atom. The summed E-state index contributed by atoms with van der Waals surface area (Å²) in [6.07, 6.45) is -4.54. The van der Waals surface area contributed by atoms with Crippen molar-refractivity contribution in [3.8, 4) is 0 Å². The highest BCUT2D eigenvalue weighted by Gasteiger charge is 2.33. The highest BCUT2D eigenvalue weighted by Crippen LogP contribution is 2.30. The molecular weight excluding hydrogens is 455 g/mol. The Hall–Kier alpha value is -2.30. The Kier molecular flexibility index (Phi) is 6.82. The van der Waals surface area contributed by atoms with Crippen LogP contribution in [0.4, 0.5) is 18.0 Å². The minimum atomic E-state index is -4.54. The lowest BCUT2D eigenvalue weighted by Gasteiger charge is -2.34. The number of alkyl halides is 3. The van der Waals surface area contributed by atoms with Crippen LogP contribution in [0.3, 0.4) is 0 Å². The minimum Gasteiger partial charge on any atom is -0.331 e. The van der Waals surface area contributed by atoms with E-state index in [9.17, 15) is 26.4 Å². The number of urea groups is 1. The van der Waals surface area contributed by atoms with E-state index in [0.29, 0.717) is 5.02 Å². The van der Waals surface area contributed by atoms with Crippen molar-refractivity contribution in [3.63, 3.8) is 0 Å². The van der Waals surface area contributed by atoms with Gasteiger partial charge in [-0.1, -0.05) is 29.8 Å². The van der Waals surface area contributed by atoms with E-state index in [1.165, 1.54) is 4.90 Å². The monoisotopic (exact) mass is 475 g/mol. The van der Waals surface area contributed by atoms with Crippen molar-refractivity contribution in [1.29, 1.82) is 0 Å². The van der Waals surface area contributed by atoms with Crippen LogP contribution in [0.5, 0.6) is 0 Å². The summed E-state index contributed by atoms with van der Waals surface area (Å²) < 4.78 is 64.7. The number of nitrogens with one attached hydrogen (secondary N) is 1. The van der Waals surface area contributed by atoms with Crippen LogP contribution in [0, 0.1) is 0 Å². The smallest absolute Gasteiger partial charge is 0.331 e. The SMILES string of the molecule is CC(NC(=O)N1CCN(S(=O)(=O)c2ccc(C(F)(F)F)cc2)CC1)c1ccccc1Cl. The highest BCUT2D eigenvalue weighted by molar-refractivity contribution is 7.89. The Morgan fingerprint density at radius 1 is 1.03 bits per heavy atom. The molecule has 0 aliphatic carbocycles. The largest absolute Gasteiger partial charge is 0.416 e. The second-order valence-corrected chi connectivity index (χ2v) is 9.45. The Balaban J connectivity index is 1.60. The van der Waals surface area contributed by atoms with Gasteiger partial charge in [0.25, 0.3) is 0 Å². The lowest BCUT2D eigenvalue weighted by atomic mass is 10.1. The van der Waals surface area contributed by atoms with Gasteiger partial charge >= 0.3 is 12.2 Å². The van der Waals surface area contributed by atoms with E-state index in [-0.39, 0.29) is 43.1 Å². The first-order valence-electron chi connectivity index (χ1n) is 9.47. The first kappa shape index (κ1) is 23.4. The van der Waals surface area contributed by atoms with E-state index in [4.69, 9.17) is 11.6 Å². The summed E-state index contributed by atoms with van der Waals surface area (Å²) in [5, 5.41) is 3.37. The average Bonchev–Trinajstić information content (AvgIpc) is 2.73. The third kappa shape index (κ3) is 5.31. The molecule has 6 nitrogen and oxygen atoms in total. The number of rotatable bonds is 4. The molecule has 1 unspecified atom stereocenters. The zero-order valence-electron chi connectivity index (χ0n) is 16.6. The Labute approximate surface area is 183 Å². The molecule has 1 heterocycles. The van der Waals surface area contributed by atoms with Gasteiger partial charge in [0, 0.05) is 31.2 Å². The molecule has 2 aromatic carbocycles. The average molecular weight is 476 g/mol. The summed E-state index contributed by atoms with van der Waals surface area (Å²) in [7, 11) is -3.95. The number of hydrogen-bond donors (Lipinski definition) is 1. The van der Waals surface area contributed by atoms with Gasteiger partial charge in [0.15, 0.2) is 0 Å². The first-order valence-corrected chi connectivity index (χ1v) is 11.3. The van der Waals surface area contributed by atoms with Crippen LogP contribution in [0.15, 0.2) is 53.4 Å². The molecule has 1 saturated heterocycles. The van der Waals surface area contributed by atoms with Crippen molar-refractivity contribution in [2.24, 2.45) is 0 Å². The maximum Gasteiger partial charge on any atom is 0.416 e. The number of amides is 2. The van der Waals surface area contributed by atoms with Crippen molar-refractivity contribution < 1.29 is 26.4 Å². The van der Waals surface area contributed by atoms with Gasteiger partial charge in [0.2, 0.25) is 10.0 Å². The summed E-state index contributed by atoms with van der Waals surface area (Å²) in [4.78, 5) is 13.8. The van der Waals surface area contributed by atoms with Crippen molar-refractivity contribution in [1.82, 2.24) is 14.5 Å². The van der Waals surface area contributed by atoms with E-state index in [0.717, 1.165) is 34.1 Å². The van der Waals surface area contributed by atoms with Crippen molar-refractivity contribution >= 4 is 27.7 Å². The second kappa shape index (κ2) is 9.05. The minimum absolute atomic E-state index is 0.0389. The fourth-order valence-corrected chi connectivity index (χ4v) is 5.00. The van der Waals surface area contributed by atoms with E-state index in [1.807, 2.05) is 12.1 Å². The lowest BCUT2D eigenvalue weighted by Crippen LogP contribution is -2.53. The number of piperazine rings is 1. The maximum atomic E-state index is 12.7. The van der Waals surface area contributed by atoms with Crippen LogP contribution in [-0.4, -0.2) is 49.8 Å². The Bertz CT molecular complexity index is 1040. The third-order valence-electron chi connectivity index (χ3n) is 5.06. The molecule has 0 bridgehead atoms. The predicted molar refractivity (Wildman–Crippen MR) is 110 cm³/mol. The fourth-order valence-electron chi connectivity index (χ4n) is 3.28. The molecule has 11 heteroatoms. The first-order chi connectivity index (χ1) is 14.5.